The van der Waals surface area contributed by atoms with E-state index in [2.05, 4.69) is 10.2 Å². The van der Waals surface area contributed by atoms with Gasteiger partial charge in [0.2, 0.25) is 0 Å². The van der Waals surface area contributed by atoms with Crippen molar-refractivity contribution in [2.24, 2.45) is 5.41 Å². The molecule has 0 saturated carbocycles. The first-order chi connectivity index (χ1) is 12.2. The summed E-state index contributed by atoms with van der Waals surface area (Å²) in [5.41, 5.74) is 1.09. The normalized spacial score (nSPS) is 25.6. The van der Waals surface area contributed by atoms with E-state index >= 15 is 0 Å². The number of ether oxygens (including phenoxy) is 1. The van der Waals surface area contributed by atoms with Gasteiger partial charge in [-0.05, 0) is 31.9 Å². The molecule has 1 N–H and O–H groups in total. The van der Waals surface area contributed by atoms with Crippen LogP contribution in [0.4, 0.5) is 13.2 Å². The first kappa shape index (κ1) is 18.4. The van der Waals surface area contributed by atoms with E-state index in [1.54, 1.807) is 19.3 Å². The molecule has 0 radical (unpaired) electrons. The second-order valence-electron chi connectivity index (χ2n) is 6.95. The number of nitrogens with one attached hydrogen (secondary N) is 1. The fourth-order valence-corrected chi connectivity index (χ4v) is 3.24. The van der Waals surface area contributed by atoms with Crippen LogP contribution in [0.2, 0.25) is 0 Å². The van der Waals surface area contributed by atoms with Gasteiger partial charge in [0.15, 0.2) is 0 Å². The van der Waals surface area contributed by atoms with Crippen molar-refractivity contribution in [3.05, 3.63) is 65.5 Å². The van der Waals surface area contributed by atoms with Crippen molar-refractivity contribution in [1.82, 2.24) is 10.2 Å². The Morgan fingerprint density at radius 1 is 1.31 bits per heavy atom. The van der Waals surface area contributed by atoms with E-state index < -0.39 is 11.6 Å². The molecule has 6 heteroatoms. The van der Waals surface area contributed by atoms with Crippen LogP contribution in [0, 0.1) is 5.41 Å². The van der Waals surface area contributed by atoms with Gasteiger partial charge in [-0.3, -0.25) is 0 Å². The van der Waals surface area contributed by atoms with Crippen molar-refractivity contribution in [1.29, 1.82) is 0 Å². The minimum Gasteiger partial charge on any atom is -0.496 e. The van der Waals surface area contributed by atoms with E-state index in [0.717, 1.165) is 22.6 Å². The third-order valence-corrected chi connectivity index (χ3v) is 5.12. The van der Waals surface area contributed by atoms with Crippen LogP contribution in [-0.2, 0) is 6.54 Å². The highest BCUT2D eigenvalue weighted by Crippen LogP contribution is 2.45. The van der Waals surface area contributed by atoms with Crippen LogP contribution in [0.15, 0.2) is 60.0 Å². The largest absolute Gasteiger partial charge is 0.496 e. The van der Waals surface area contributed by atoms with Crippen LogP contribution in [0.25, 0.3) is 0 Å². The Labute approximate surface area is 151 Å². The van der Waals surface area contributed by atoms with Gasteiger partial charge in [-0.25, -0.2) is 0 Å². The van der Waals surface area contributed by atoms with E-state index in [0.29, 0.717) is 6.54 Å². The highest BCUT2D eigenvalue weighted by atomic mass is 19.4. The van der Waals surface area contributed by atoms with Gasteiger partial charge in [0.1, 0.15) is 11.9 Å². The smallest absolute Gasteiger partial charge is 0.397 e. The number of nitrogens with zero attached hydrogens (tertiary/aromatic N) is 1. The number of halogens is 3. The summed E-state index contributed by atoms with van der Waals surface area (Å²) >= 11 is 0. The average Bonchev–Trinajstić information content (AvgIpc) is 2.96. The van der Waals surface area contributed by atoms with Gasteiger partial charge >= 0.3 is 6.18 Å². The molecule has 2 aliphatic rings. The van der Waals surface area contributed by atoms with Crippen molar-refractivity contribution >= 4 is 0 Å². The van der Waals surface area contributed by atoms with Crippen molar-refractivity contribution in [3.63, 3.8) is 0 Å². The minimum atomic E-state index is -4.25. The number of allylic oxidation sites excluding steroid dienone is 3. The summed E-state index contributed by atoms with van der Waals surface area (Å²) < 4.78 is 45.0. The van der Waals surface area contributed by atoms with E-state index in [9.17, 15) is 13.2 Å². The summed E-state index contributed by atoms with van der Waals surface area (Å²) in [6.07, 6.45) is 1.96. The number of methoxy groups -OCH3 is 1. The molecule has 0 spiro atoms. The van der Waals surface area contributed by atoms with Crippen LogP contribution in [0.3, 0.4) is 0 Å². The van der Waals surface area contributed by atoms with Crippen molar-refractivity contribution in [2.45, 2.75) is 39.2 Å². The summed E-state index contributed by atoms with van der Waals surface area (Å²) in [6.45, 7) is 3.82. The Morgan fingerprint density at radius 2 is 2.04 bits per heavy atom. The predicted octanol–water partition coefficient (Wildman–Crippen LogP) is 4.74. The molecule has 26 heavy (non-hydrogen) atoms. The quantitative estimate of drug-likeness (QED) is 0.835. The Balaban J connectivity index is 1.80. The zero-order chi connectivity index (χ0) is 18.9. The Hall–Kier alpha value is -2.37. The molecule has 3 rings (SSSR count). The van der Waals surface area contributed by atoms with Gasteiger partial charge < -0.3 is 15.0 Å². The van der Waals surface area contributed by atoms with Crippen LogP contribution in [0.5, 0.6) is 5.75 Å². The molecular formula is C20H23F3N2O. The Morgan fingerprint density at radius 3 is 2.65 bits per heavy atom. The lowest BCUT2D eigenvalue weighted by Crippen LogP contribution is -2.40. The first-order valence-electron chi connectivity index (χ1n) is 8.52. The zero-order valence-electron chi connectivity index (χ0n) is 15.1. The molecule has 2 atom stereocenters. The molecule has 0 aromatic heterocycles. The molecule has 1 aromatic rings. The highest BCUT2D eigenvalue weighted by molar-refractivity contribution is 5.37. The van der Waals surface area contributed by atoms with E-state index in [1.165, 1.54) is 13.0 Å². The molecule has 3 nitrogen and oxygen atoms in total. The molecule has 0 amide bonds. The lowest BCUT2D eigenvalue weighted by molar-refractivity contribution is -0.199. The molecule has 1 heterocycles. The summed E-state index contributed by atoms with van der Waals surface area (Å²) in [4.78, 5) is 2.13. The van der Waals surface area contributed by atoms with Crippen LogP contribution in [-0.4, -0.2) is 24.4 Å². The minimum absolute atomic E-state index is 0.0535. The lowest BCUT2D eigenvalue weighted by atomic mass is 9.81. The van der Waals surface area contributed by atoms with Crippen LogP contribution < -0.4 is 10.1 Å². The summed E-state index contributed by atoms with van der Waals surface area (Å²) in [5, 5.41) is 3.27. The number of para-hydroxylation sites is 1. The zero-order valence-corrected chi connectivity index (χ0v) is 15.1. The summed E-state index contributed by atoms with van der Waals surface area (Å²) in [5.74, 6) is 0.795. The van der Waals surface area contributed by atoms with Gasteiger partial charge in [0, 0.05) is 24.0 Å². The standard InChI is InChI=1S/C20H23F3N2O/c1-14-12-24-18(15-8-10-19(2,11-9-15)20(21,22)23)25(14)13-16-6-4-5-7-17(16)26-3/h4-10,12,18,24H,11,13H2,1-3H3. The number of benzene rings is 1. The highest BCUT2D eigenvalue weighted by Gasteiger charge is 2.49. The number of hydrogen-bond acceptors (Lipinski definition) is 3. The van der Waals surface area contributed by atoms with Crippen LogP contribution >= 0.6 is 0 Å². The number of alkyl halides is 3. The number of hydrogen-bond donors (Lipinski definition) is 1. The number of rotatable bonds is 4. The maximum Gasteiger partial charge on any atom is 0.397 e. The maximum atomic E-state index is 13.2. The SMILES string of the molecule is COc1ccccc1CN1C(C)=CNC1C1=CCC(C)(C(F)(F)F)C=C1. The third kappa shape index (κ3) is 3.32. The van der Waals surface area contributed by atoms with Gasteiger partial charge in [-0.2, -0.15) is 13.2 Å². The maximum absolute atomic E-state index is 13.2. The molecule has 2 unspecified atom stereocenters. The predicted molar refractivity (Wildman–Crippen MR) is 95.2 cm³/mol. The Kier molecular flexibility index (Phi) is 4.78. The molecule has 0 saturated heterocycles. The van der Waals surface area contributed by atoms with Gasteiger partial charge in [0.05, 0.1) is 12.5 Å². The fourth-order valence-electron chi connectivity index (χ4n) is 3.24. The monoisotopic (exact) mass is 364 g/mol. The van der Waals surface area contributed by atoms with E-state index in [4.69, 9.17) is 4.74 Å². The first-order valence-corrected chi connectivity index (χ1v) is 8.52. The lowest BCUT2D eigenvalue weighted by Gasteiger charge is -2.34. The Bertz CT molecular complexity index is 767. The summed E-state index contributed by atoms with van der Waals surface area (Å²) in [6, 6.07) is 7.76. The van der Waals surface area contributed by atoms with Gasteiger partial charge in [-0.1, -0.05) is 36.4 Å². The third-order valence-electron chi connectivity index (χ3n) is 5.12. The van der Waals surface area contributed by atoms with Crippen LogP contribution in [0.1, 0.15) is 25.8 Å². The summed E-state index contributed by atoms with van der Waals surface area (Å²) in [7, 11) is 1.63. The van der Waals surface area contributed by atoms with Gasteiger partial charge in [0.25, 0.3) is 0 Å². The van der Waals surface area contributed by atoms with Crippen molar-refractivity contribution in [2.75, 3.05) is 7.11 Å². The molecule has 1 aliphatic carbocycles. The van der Waals surface area contributed by atoms with E-state index in [-0.39, 0.29) is 12.6 Å². The molecule has 140 valence electrons. The van der Waals surface area contributed by atoms with Crippen molar-refractivity contribution < 1.29 is 17.9 Å². The van der Waals surface area contributed by atoms with E-state index in [1.807, 2.05) is 37.4 Å². The van der Waals surface area contributed by atoms with Gasteiger partial charge in [-0.15, -0.1) is 0 Å². The average molecular weight is 364 g/mol. The second-order valence-corrected chi connectivity index (χ2v) is 6.95. The second kappa shape index (κ2) is 6.74. The topological polar surface area (TPSA) is 24.5 Å². The molecule has 0 bridgehead atoms. The molecule has 1 aliphatic heterocycles. The fraction of sp³-hybridized carbons (Fsp3) is 0.400. The van der Waals surface area contributed by atoms with Crippen molar-refractivity contribution in [3.8, 4) is 5.75 Å². The molecule has 0 fully saturated rings. The molecule has 1 aromatic carbocycles. The molecular weight excluding hydrogens is 341 g/mol.